The van der Waals surface area contributed by atoms with Gasteiger partial charge in [-0.05, 0) is 19.8 Å². The fourth-order valence-electron chi connectivity index (χ4n) is 1.52. The van der Waals surface area contributed by atoms with Crippen LogP contribution in [0.2, 0.25) is 0 Å². The van der Waals surface area contributed by atoms with Crippen LogP contribution < -0.4 is 5.32 Å². The first-order chi connectivity index (χ1) is 9.40. The lowest BCUT2D eigenvalue weighted by atomic mass is 10.2. The van der Waals surface area contributed by atoms with Crippen molar-refractivity contribution < 1.29 is 14.7 Å². The number of rotatable bonds is 5. The molecule has 8 heteroatoms. The molecule has 1 unspecified atom stereocenters. The van der Waals surface area contributed by atoms with Gasteiger partial charge in [-0.3, -0.25) is 5.32 Å². The molecule has 0 saturated heterocycles. The highest BCUT2D eigenvalue weighted by molar-refractivity contribution is 5.90. The molecule has 0 radical (unpaired) electrons. The lowest BCUT2D eigenvalue weighted by Gasteiger charge is -2.21. The second-order valence-electron chi connectivity index (χ2n) is 4.29. The van der Waals surface area contributed by atoms with E-state index in [-0.39, 0.29) is 5.95 Å². The Kier molecular flexibility index (Phi) is 5.36. The zero-order valence-electron chi connectivity index (χ0n) is 12.0. The van der Waals surface area contributed by atoms with Gasteiger partial charge in [0.2, 0.25) is 0 Å². The van der Waals surface area contributed by atoms with Gasteiger partial charge in [-0.25, -0.2) is 14.6 Å². The third-order valence-electron chi connectivity index (χ3n) is 2.99. The highest BCUT2D eigenvalue weighted by Gasteiger charge is 2.22. The number of amides is 2. The normalized spacial score (nSPS) is 11.8. The second-order valence-corrected chi connectivity index (χ2v) is 4.29. The minimum Gasteiger partial charge on any atom is -0.480 e. The Morgan fingerprint density at radius 3 is 2.35 bits per heavy atom. The van der Waals surface area contributed by atoms with Crippen LogP contribution in [0.4, 0.5) is 10.7 Å². The number of aryl methyl sites for hydroxylation is 2. The number of carboxylic acid groups (broad SMARTS) is 1. The monoisotopic (exact) mass is 281 g/mol. The zero-order chi connectivity index (χ0) is 15.3. The van der Waals surface area contributed by atoms with Gasteiger partial charge in [0.25, 0.3) is 5.95 Å². The Morgan fingerprint density at radius 2 is 1.85 bits per heavy atom. The van der Waals surface area contributed by atoms with Gasteiger partial charge in [0.1, 0.15) is 6.04 Å². The summed E-state index contributed by atoms with van der Waals surface area (Å²) in [6.45, 7) is 5.30. The van der Waals surface area contributed by atoms with Crippen molar-refractivity contribution >= 4 is 17.9 Å². The fourth-order valence-corrected chi connectivity index (χ4v) is 1.52. The van der Waals surface area contributed by atoms with E-state index in [1.807, 2.05) is 13.8 Å². The highest BCUT2D eigenvalue weighted by atomic mass is 16.4. The van der Waals surface area contributed by atoms with Crippen LogP contribution in [-0.4, -0.2) is 50.3 Å². The molecular weight excluding hydrogens is 262 g/mol. The van der Waals surface area contributed by atoms with Crippen LogP contribution in [0.25, 0.3) is 0 Å². The minimum absolute atomic E-state index is 0.0773. The van der Waals surface area contributed by atoms with Crippen molar-refractivity contribution in [3.8, 4) is 0 Å². The smallest absolute Gasteiger partial charge is 0.326 e. The summed E-state index contributed by atoms with van der Waals surface area (Å²) in [4.78, 5) is 27.9. The molecule has 0 bridgehead atoms. The quantitative estimate of drug-likeness (QED) is 0.831. The third-order valence-corrected chi connectivity index (χ3v) is 2.99. The number of anilines is 1. The van der Waals surface area contributed by atoms with Crippen LogP contribution in [0.15, 0.2) is 0 Å². The number of carbonyl (C=O) groups is 2. The maximum Gasteiger partial charge on any atom is 0.326 e. The number of carboxylic acids is 1. The number of urea groups is 1. The van der Waals surface area contributed by atoms with E-state index in [9.17, 15) is 9.59 Å². The lowest BCUT2D eigenvalue weighted by molar-refractivity contribution is -0.141. The number of aromatic nitrogens is 3. The fraction of sp³-hybridized carbons (Fsp3) is 0.583. The second kappa shape index (κ2) is 6.78. The summed E-state index contributed by atoms with van der Waals surface area (Å²) >= 11 is 0. The molecule has 0 aliphatic heterocycles. The van der Waals surface area contributed by atoms with Crippen molar-refractivity contribution in [1.82, 2.24) is 20.1 Å². The van der Waals surface area contributed by atoms with E-state index in [1.165, 1.54) is 14.0 Å². The third kappa shape index (κ3) is 3.62. The van der Waals surface area contributed by atoms with Crippen LogP contribution in [0.1, 0.15) is 32.2 Å². The van der Waals surface area contributed by atoms with E-state index in [0.29, 0.717) is 12.8 Å². The van der Waals surface area contributed by atoms with Crippen molar-refractivity contribution in [2.45, 2.75) is 39.7 Å². The number of nitrogens with one attached hydrogen (secondary N) is 1. The Morgan fingerprint density at radius 1 is 1.25 bits per heavy atom. The van der Waals surface area contributed by atoms with Gasteiger partial charge in [0, 0.05) is 7.05 Å². The number of aliphatic carboxylic acids is 1. The van der Waals surface area contributed by atoms with E-state index in [0.717, 1.165) is 16.3 Å². The molecule has 20 heavy (non-hydrogen) atoms. The molecule has 0 fully saturated rings. The largest absolute Gasteiger partial charge is 0.480 e. The summed E-state index contributed by atoms with van der Waals surface area (Å²) < 4.78 is 0. The molecule has 1 aromatic rings. The van der Waals surface area contributed by atoms with Crippen LogP contribution in [0.5, 0.6) is 0 Å². The topological polar surface area (TPSA) is 108 Å². The standard InChI is InChI=1S/C12H19N5O3/c1-5-8-9(6-2)15-16-11(13-8)14-12(20)17(4)7(3)10(18)19/h7H,5-6H2,1-4H3,(H,18,19)(H,13,14,16,20). The molecule has 0 aliphatic carbocycles. The van der Waals surface area contributed by atoms with E-state index in [4.69, 9.17) is 5.11 Å². The SMILES string of the molecule is CCc1nnc(NC(=O)N(C)C(C)C(=O)O)nc1CC. The van der Waals surface area contributed by atoms with E-state index in [2.05, 4.69) is 20.5 Å². The predicted molar refractivity (Wildman–Crippen MR) is 72.5 cm³/mol. The van der Waals surface area contributed by atoms with Crippen molar-refractivity contribution in [3.63, 3.8) is 0 Å². The molecule has 0 aliphatic rings. The first-order valence-corrected chi connectivity index (χ1v) is 6.39. The lowest BCUT2D eigenvalue weighted by Crippen LogP contribution is -2.42. The molecule has 2 N–H and O–H groups in total. The summed E-state index contributed by atoms with van der Waals surface area (Å²) in [6, 6.07) is -1.53. The van der Waals surface area contributed by atoms with E-state index in [1.54, 1.807) is 0 Å². The minimum atomic E-state index is -1.09. The van der Waals surface area contributed by atoms with Gasteiger partial charge < -0.3 is 10.0 Å². The summed E-state index contributed by atoms with van der Waals surface area (Å²) in [5.41, 5.74) is 1.56. The predicted octanol–water partition coefficient (Wildman–Crippen LogP) is 0.933. The number of hydrogen-bond acceptors (Lipinski definition) is 5. The molecule has 1 heterocycles. The van der Waals surface area contributed by atoms with Crippen LogP contribution in [0.3, 0.4) is 0 Å². The van der Waals surface area contributed by atoms with Gasteiger partial charge in [-0.1, -0.05) is 13.8 Å². The first-order valence-electron chi connectivity index (χ1n) is 6.39. The molecule has 1 atom stereocenters. The molecule has 8 nitrogen and oxygen atoms in total. The zero-order valence-corrected chi connectivity index (χ0v) is 12.0. The summed E-state index contributed by atoms with van der Waals surface area (Å²) in [5.74, 6) is -1.01. The highest BCUT2D eigenvalue weighted by Crippen LogP contribution is 2.08. The molecule has 1 rings (SSSR count). The summed E-state index contributed by atoms with van der Waals surface area (Å²) in [6.07, 6.45) is 1.40. The van der Waals surface area contributed by atoms with E-state index < -0.39 is 18.0 Å². The van der Waals surface area contributed by atoms with Crippen LogP contribution >= 0.6 is 0 Å². The Balaban J connectivity index is 2.83. The van der Waals surface area contributed by atoms with Crippen LogP contribution in [0, 0.1) is 0 Å². The van der Waals surface area contributed by atoms with E-state index >= 15 is 0 Å². The number of nitrogens with zero attached hydrogens (tertiary/aromatic N) is 4. The van der Waals surface area contributed by atoms with Crippen molar-refractivity contribution in [2.24, 2.45) is 0 Å². The summed E-state index contributed by atoms with van der Waals surface area (Å²) in [5, 5.41) is 19.1. The van der Waals surface area contributed by atoms with Gasteiger partial charge in [-0.2, -0.15) is 0 Å². The van der Waals surface area contributed by atoms with Crippen molar-refractivity contribution in [3.05, 3.63) is 11.4 Å². The summed E-state index contributed by atoms with van der Waals surface area (Å²) in [7, 11) is 1.39. The molecule has 0 spiro atoms. The van der Waals surface area contributed by atoms with Crippen molar-refractivity contribution in [1.29, 1.82) is 0 Å². The van der Waals surface area contributed by atoms with Gasteiger partial charge in [0.05, 0.1) is 11.4 Å². The van der Waals surface area contributed by atoms with Gasteiger partial charge in [0.15, 0.2) is 0 Å². The van der Waals surface area contributed by atoms with Crippen molar-refractivity contribution in [2.75, 3.05) is 12.4 Å². The molecule has 110 valence electrons. The Bertz CT molecular complexity index is 506. The molecule has 2 amide bonds. The molecule has 1 aromatic heterocycles. The first kappa shape index (κ1) is 15.8. The molecule has 0 saturated carbocycles. The number of likely N-dealkylation sites (N-methyl/N-ethyl adjacent to an activating group) is 1. The number of hydrogen-bond donors (Lipinski definition) is 2. The van der Waals surface area contributed by atoms with Gasteiger partial charge in [-0.15, -0.1) is 10.2 Å². The number of carbonyl (C=O) groups excluding carboxylic acids is 1. The maximum absolute atomic E-state index is 11.9. The average Bonchev–Trinajstić information content (AvgIpc) is 2.45. The Hall–Kier alpha value is -2.25. The maximum atomic E-state index is 11.9. The molecule has 0 aromatic carbocycles. The average molecular weight is 281 g/mol. The molecular formula is C12H19N5O3. The van der Waals surface area contributed by atoms with Gasteiger partial charge >= 0.3 is 12.0 Å². The Labute approximate surface area is 117 Å². The van der Waals surface area contributed by atoms with Crippen LogP contribution in [-0.2, 0) is 17.6 Å².